The quantitative estimate of drug-likeness (QED) is 0.731. The zero-order chi connectivity index (χ0) is 21.1. The van der Waals surface area contributed by atoms with Gasteiger partial charge in [0.1, 0.15) is 0 Å². The van der Waals surface area contributed by atoms with Crippen LogP contribution in [0.5, 0.6) is 0 Å². The van der Waals surface area contributed by atoms with E-state index in [0.29, 0.717) is 19.4 Å². The Hall–Kier alpha value is -2.06. The van der Waals surface area contributed by atoms with Crippen LogP contribution in [-0.4, -0.2) is 58.1 Å². The molecule has 0 saturated carbocycles. The van der Waals surface area contributed by atoms with Crippen molar-refractivity contribution in [2.24, 2.45) is 5.92 Å². The van der Waals surface area contributed by atoms with Gasteiger partial charge in [-0.2, -0.15) is 18.3 Å². The summed E-state index contributed by atoms with van der Waals surface area (Å²) in [5, 5.41) is 3.78. The first-order valence-corrected chi connectivity index (χ1v) is 9.76. The number of alkyl halides is 3. The van der Waals surface area contributed by atoms with Crippen LogP contribution in [0.4, 0.5) is 13.2 Å². The molecule has 0 aliphatic carbocycles. The lowest BCUT2D eigenvalue weighted by Crippen LogP contribution is -2.44. The summed E-state index contributed by atoms with van der Waals surface area (Å²) in [6.07, 6.45) is -0.819. The molecule has 0 radical (unpaired) electrons. The molecule has 2 rings (SSSR count). The average molecular weight is 402 g/mol. The van der Waals surface area contributed by atoms with Gasteiger partial charge in [-0.1, -0.05) is 13.3 Å². The van der Waals surface area contributed by atoms with Gasteiger partial charge < -0.3 is 9.80 Å². The zero-order valence-corrected chi connectivity index (χ0v) is 16.9. The maximum absolute atomic E-state index is 13.5. The number of carbonyl (C=O) groups excluding carboxylic acids is 2. The van der Waals surface area contributed by atoms with E-state index in [1.165, 1.54) is 4.90 Å². The first-order chi connectivity index (χ1) is 13.1. The molecule has 28 heavy (non-hydrogen) atoms. The van der Waals surface area contributed by atoms with Crippen molar-refractivity contribution in [3.63, 3.8) is 0 Å². The molecule has 0 unspecified atom stereocenters. The predicted molar refractivity (Wildman–Crippen MR) is 98.8 cm³/mol. The number of rotatable bonds is 6. The van der Waals surface area contributed by atoms with Gasteiger partial charge in [0.05, 0.1) is 11.8 Å². The normalized spacial score (nSPS) is 15.9. The molecule has 1 aromatic heterocycles. The van der Waals surface area contributed by atoms with E-state index < -0.39 is 29.4 Å². The van der Waals surface area contributed by atoms with Crippen LogP contribution < -0.4 is 0 Å². The van der Waals surface area contributed by atoms with Crippen LogP contribution in [0.25, 0.3) is 0 Å². The van der Waals surface area contributed by atoms with E-state index in [9.17, 15) is 22.8 Å². The number of aromatic nitrogens is 2. The predicted octanol–water partition coefficient (Wildman–Crippen LogP) is 3.59. The number of carbonyl (C=O) groups is 2. The lowest BCUT2D eigenvalue weighted by atomic mass is 9.94. The van der Waals surface area contributed by atoms with Crippen molar-refractivity contribution in [2.75, 3.05) is 26.7 Å². The standard InChI is InChI=1S/C19H29F3N4O2/c1-5-6-9-24(4)17(27)14-7-10-25(11-8-14)18(28)15-12-23-26(13(2)3)16(15)19(20,21)22/h12-14H,5-11H2,1-4H3. The summed E-state index contributed by atoms with van der Waals surface area (Å²) in [6.45, 7) is 6.45. The second-order valence-electron chi connectivity index (χ2n) is 7.62. The second-order valence-corrected chi connectivity index (χ2v) is 7.62. The van der Waals surface area contributed by atoms with Gasteiger partial charge in [0.15, 0.2) is 5.69 Å². The molecule has 6 nitrogen and oxygen atoms in total. The van der Waals surface area contributed by atoms with E-state index in [1.807, 2.05) is 0 Å². The van der Waals surface area contributed by atoms with Crippen molar-refractivity contribution in [3.8, 4) is 0 Å². The molecule has 9 heteroatoms. The van der Waals surface area contributed by atoms with E-state index in [2.05, 4.69) is 12.0 Å². The van der Waals surface area contributed by atoms with E-state index >= 15 is 0 Å². The van der Waals surface area contributed by atoms with Crippen molar-refractivity contribution in [1.82, 2.24) is 19.6 Å². The molecular weight excluding hydrogens is 373 g/mol. The zero-order valence-electron chi connectivity index (χ0n) is 16.9. The molecule has 1 aromatic rings. The Kier molecular flexibility index (Phi) is 7.11. The van der Waals surface area contributed by atoms with Crippen LogP contribution in [0.3, 0.4) is 0 Å². The summed E-state index contributed by atoms with van der Waals surface area (Å²) >= 11 is 0. The molecule has 1 aliphatic rings. The first kappa shape index (κ1) is 22.2. The molecule has 0 atom stereocenters. The van der Waals surface area contributed by atoms with Gasteiger partial charge >= 0.3 is 6.18 Å². The molecule has 1 aliphatic heterocycles. The monoisotopic (exact) mass is 402 g/mol. The molecule has 0 N–H and O–H groups in total. The Morgan fingerprint density at radius 1 is 1.29 bits per heavy atom. The largest absolute Gasteiger partial charge is 0.433 e. The van der Waals surface area contributed by atoms with Gasteiger partial charge in [-0.05, 0) is 33.1 Å². The molecule has 2 amide bonds. The maximum Gasteiger partial charge on any atom is 0.433 e. The van der Waals surface area contributed by atoms with Gasteiger partial charge in [0.25, 0.3) is 5.91 Å². The third-order valence-electron chi connectivity index (χ3n) is 5.14. The Labute approximate surface area is 163 Å². The summed E-state index contributed by atoms with van der Waals surface area (Å²) in [6, 6.07) is -0.514. The van der Waals surface area contributed by atoms with Crippen molar-refractivity contribution < 1.29 is 22.8 Å². The van der Waals surface area contributed by atoms with E-state index in [-0.39, 0.29) is 24.9 Å². The molecule has 2 heterocycles. The summed E-state index contributed by atoms with van der Waals surface area (Å²) in [7, 11) is 1.77. The molecule has 158 valence electrons. The second kappa shape index (κ2) is 8.96. The Balaban J connectivity index is 2.08. The smallest absolute Gasteiger partial charge is 0.346 e. The van der Waals surface area contributed by atoms with Crippen molar-refractivity contribution in [3.05, 3.63) is 17.5 Å². The third kappa shape index (κ3) is 4.86. The van der Waals surface area contributed by atoms with Crippen LogP contribution in [0.1, 0.15) is 68.5 Å². The van der Waals surface area contributed by atoms with Crippen LogP contribution in [0.15, 0.2) is 6.20 Å². The fourth-order valence-electron chi connectivity index (χ4n) is 3.51. The highest BCUT2D eigenvalue weighted by atomic mass is 19.4. The van der Waals surface area contributed by atoms with Gasteiger partial charge in [0, 0.05) is 38.6 Å². The fourth-order valence-corrected chi connectivity index (χ4v) is 3.51. The summed E-state index contributed by atoms with van der Waals surface area (Å²) in [5.41, 5.74) is -1.43. The number of halogens is 3. The summed E-state index contributed by atoms with van der Waals surface area (Å²) < 4.78 is 41.4. The molecular formula is C19H29F3N4O2. The number of hydrogen-bond acceptors (Lipinski definition) is 3. The highest BCUT2D eigenvalue weighted by Gasteiger charge is 2.42. The maximum atomic E-state index is 13.5. The number of piperidine rings is 1. The molecule has 0 spiro atoms. The fraction of sp³-hybridized carbons (Fsp3) is 0.737. The van der Waals surface area contributed by atoms with Crippen LogP contribution in [0.2, 0.25) is 0 Å². The number of nitrogens with zero attached hydrogens (tertiary/aromatic N) is 4. The van der Waals surface area contributed by atoms with E-state index in [0.717, 1.165) is 23.7 Å². The van der Waals surface area contributed by atoms with Gasteiger partial charge in [-0.25, -0.2) is 0 Å². The average Bonchev–Trinajstić information content (AvgIpc) is 3.11. The Bertz CT molecular complexity index is 692. The molecule has 1 saturated heterocycles. The van der Waals surface area contributed by atoms with E-state index in [1.54, 1.807) is 25.8 Å². The Morgan fingerprint density at radius 2 is 1.89 bits per heavy atom. The van der Waals surface area contributed by atoms with Crippen LogP contribution in [-0.2, 0) is 11.0 Å². The third-order valence-corrected chi connectivity index (χ3v) is 5.14. The SMILES string of the molecule is CCCCN(C)C(=O)C1CCN(C(=O)c2cnn(C(C)C)c2C(F)(F)F)CC1. The van der Waals surface area contributed by atoms with Gasteiger partial charge in [-0.3, -0.25) is 14.3 Å². The minimum Gasteiger partial charge on any atom is -0.346 e. The van der Waals surface area contributed by atoms with Crippen LogP contribution in [0, 0.1) is 5.92 Å². The highest BCUT2D eigenvalue weighted by Crippen LogP contribution is 2.34. The van der Waals surface area contributed by atoms with Crippen LogP contribution >= 0.6 is 0 Å². The van der Waals surface area contributed by atoms with E-state index in [4.69, 9.17) is 0 Å². The lowest BCUT2D eigenvalue weighted by Gasteiger charge is -2.33. The number of amides is 2. The van der Waals surface area contributed by atoms with Gasteiger partial charge in [-0.15, -0.1) is 0 Å². The lowest BCUT2D eigenvalue weighted by molar-refractivity contribution is -0.145. The number of likely N-dealkylation sites (tertiary alicyclic amines) is 1. The highest BCUT2D eigenvalue weighted by molar-refractivity contribution is 5.95. The topological polar surface area (TPSA) is 58.4 Å². The first-order valence-electron chi connectivity index (χ1n) is 9.76. The number of hydrogen-bond donors (Lipinski definition) is 0. The molecule has 0 aromatic carbocycles. The number of unbranched alkanes of at least 4 members (excludes halogenated alkanes) is 1. The molecule has 0 bridgehead atoms. The summed E-state index contributed by atoms with van der Waals surface area (Å²) in [4.78, 5) is 28.3. The summed E-state index contributed by atoms with van der Waals surface area (Å²) in [5.74, 6) is -0.819. The molecule has 1 fully saturated rings. The van der Waals surface area contributed by atoms with Crippen molar-refractivity contribution in [1.29, 1.82) is 0 Å². The van der Waals surface area contributed by atoms with Crippen molar-refractivity contribution in [2.45, 2.75) is 58.7 Å². The van der Waals surface area contributed by atoms with Crippen molar-refractivity contribution >= 4 is 11.8 Å². The van der Waals surface area contributed by atoms with Gasteiger partial charge in [0.2, 0.25) is 5.91 Å². The minimum atomic E-state index is -4.66. The minimum absolute atomic E-state index is 0.0455. The Morgan fingerprint density at radius 3 is 2.39 bits per heavy atom.